The number of hydrogen-bond donors (Lipinski definition) is 0. The minimum Gasteiger partial charge on any atom is -0.303 e. The van der Waals surface area contributed by atoms with E-state index in [9.17, 15) is 9.59 Å². The number of anilines is 1. The van der Waals surface area contributed by atoms with Crippen molar-refractivity contribution in [2.24, 2.45) is 5.92 Å². The van der Waals surface area contributed by atoms with Gasteiger partial charge in [-0.3, -0.25) is 9.59 Å². The number of Topliss-reactive ketones (excluding diaryl/α,β-unsaturated/α-hetero) is 1. The summed E-state index contributed by atoms with van der Waals surface area (Å²) in [5.74, 6) is -0.403. The third-order valence-corrected chi connectivity index (χ3v) is 3.86. The van der Waals surface area contributed by atoms with E-state index >= 15 is 0 Å². The maximum Gasteiger partial charge on any atom is 0.299 e. The highest BCUT2D eigenvalue weighted by Gasteiger charge is 2.37. The van der Waals surface area contributed by atoms with Gasteiger partial charge in [0.2, 0.25) is 0 Å². The lowest BCUT2D eigenvalue weighted by molar-refractivity contribution is -0.114. The minimum absolute atomic E-state index is 0.393. The maximum atomic E-state index is 12.0. The first-order chi connectivity index (χ1) is 8.56. The lowest BCUT2D eigenvalue weighted by atomic mass is 10.1. The van der Waals surface area contributed by atoms with Gasteiger partial charge in [-0.15, -0.1) is 0 Å². The quantitative estimate of drug-likeness (QED) is 0.799. The van der Waals surface area contributed by atoms with Gasteiger partial charge in [0, 0.05) is 11.0 Å². The fourth-order valence-electron chi connectivity index (χ4n) is 2.38. The molecule has 1 heterocycles. The number of para-hydroxylation sites is 1. The first-order valence-electron chi connectivity index (χ1n) is 6.21. The van der Waals surface area contributed by atoms with Crippen LogP contribution in [0.5, 0.6) is 0 Å². The largest absolute Gasteiger partial charge is 0.303 e. The van der Waals surface area contributed by atoms with Crippen molar-refractivity contribution in [3.05, 3.63) is 28.2 Å². The van der Waals surface area contributed by atoms with E-state index in [4.69, 9.17) is 0 Å². The summed E-state index contributed by atoms with van der Waals surface area (Å²) in [6.45, 7) is 4.83. The molecule has 3 nitrogen and oxygen atoms in total. The fourth-order valence-corrected chi connectivity index (χ4v) is 2.96. The molecule has 0 N–H and O–H groups in total. The predicted octanol–water partition coefficient (Wildman–Crippen LogP) is 3.41. The molecule has 1 aromatic rings. The molecule has 1 aromatic carbocycles. The molecule has 1 aliphatic heterocycles. The Morgan fingerprint density at radius 3 is 2.72 bits per heavy atom. The third kappa shape index (κ3) is 2.21. The van der Waals surface area contributed by atoms with Crippen LogP contribution in [0.4, 0.5) is 5.69 Å². The van der Waals surface area contributed by atoms with Crippen LogP contribution in [0.3, 0.4) is 0 Å². The Morgan fingerprint density at radius 2 is 2.06 bits per heavy atom. The van der Waals surface area contributed by atoms with Crippen LogP contribution in [0, 0.1) is 5.92 Å². The number of carbonyl (C=O) groups is 2. The molecule has 1 atom stereocenters. The number of fused-ring (bicyclic) bond motifs is 1. The topological polar surface area (TPSA) is 37.4 Å². The monoisotopic (exact) mass is 309 g/mol. The summed E-state index contributed by atoms with van der Waals surface area (Å²) in [6, 6.07) is 5.36. The van der Waals surface area contributed by atoms with Crippen LogP contribution in [0.25, 0.3) is 0 Å². The van der Waals surface area contributed by atoms with E-state index in [0.29, 0.717) is 18.0 Å². The van der Waals surface area contributed by atoms with Gasteiger partial charge in [0.05, 0.1) is 11.3 Å². The zero-order valence-electron chi connectivity index (χ0n) is 10.6. The Kier molecular flexibility index (Phi) is 3.85. The fraction of sp³-hybridized carbons (Fsp3) is 0.429. The van der Waals surface area contributed by atoms with Gasteiger partial charge in [0.25, 0.3) is 11.7 Å². The molecule has 18 heavy (non-hydrogen) atoms. The number of nitrogens with zero attached hydrogens (tertiary/aromatic N) is 1. The van der Waals surface area contributed by atoms with Crippen molar-refractivity contribution in [3.8, 4) is 0 Å². The van der Waals surface area contributed by atoms with E-state index in [1.807, 2.05) is 6.07 Å². The molecule has 1 unspecified atom stereocenters. The van der Waals surface area contributed by atoms with E-state index < -0.39 is 11.7 Å². The van der Waals surface area contributed by atoms with E-state index in [0.717, 1.165) is 23.0 Å². The van der Waals surface area contributed by atoms with Gasteiger partial charge >= 0.3 is 0 Å². The molecule has 2 rings (SSSR count). The molecule has 0 fully saturated rings. The van der Waals surface area contributed by atoms with Gasteiger partial charge in [-0.25, -0.2) is 0 Å². The van der Waals surface area contributed by atoms with E-state index in [2.05, 4.69) is 29.8 Å². The average molecular weight is 310 g/mol. The van der Waals surface area contributed by atoms with Crippen LogP contribution in [-0.2, 0) is 4.79 Å². The molecule has 0 radical (unpaired) electrons. The summed E-state index contributed by atoms with van der Waals surface area (Å²) in [5, 5.41) is 0. The van der Waals surface area contributed by atoms with Crippen LogP contribution in [0.2, 0.25) is 0 Å². The molecular weight excluding hydrogens is 294 g/mol. The van der Waals surface area contributed by atoms with Gasteiger partial charge in [-0.05, 0) is 40.4 Å². The number of carbonyl (C=O) groups excluding carboxylic acids is 2. The Bertz CT molecular complexity index is 499. The highest BCUT2D eigenvalue weighted by Crippen LogP contribution is 2.36. The second-order valence-electron chi connectivity index (χ2n) is 4.77. The summed E-state index contributed by atoms with van der Waals surface area (Å²) in [7, 11) is 0. The lowest BCUT2D eigenvalue weighted by Gasteiger charge is -2.21. The Morgan fingerprint density at radius 1 is 1.33 bits per heavy atom. The van der Waals surface area contributed by atoms with Crippen molar-refractivity contribution < 1.29 is 9.59 Å². The highest BCUT2D eigenvalue weighted by atomic mass is 79.9. The summed E-state index contributed by atoms with van der Waals surface area (Å²) in [5.41, 5.74) is 1.24. The molecule has 4 heteroatoms. The molecule has 1 amide bonds. The van der Waals surface area contributed by atoms with Gasteiger partial charge in [0.15, 0.2) is 0 Å². The maximum absolute atomic E-state index is 12.0. The molecule has 96 valence electrons. The minimum atomic E-state index is -0.403. The molecular formula is C14H16BrNO2. The van der Waals surface area contributed by atoms with E-state index in [1.165, 1.54) is 0 Å². The zero-order valence-corrected chi connectivity index (χ0v) is 12.2. The van der Waals surface area contributed by atoms with E-state index in [1.54, 1.807) is 17.0 Å². The van der Waals surface area contributed by atoms with Gasteiger partial charge in [-0.2, -0.15) is 0 Å². The first-order valence-corrected chi connectivity index (χ1v) is 7.00. The summed E-state index contributed by atoms with van der Waals surface area (Å²) >= 11 is 3.43. The normalized spacial score (nSPS) is 16.1. The highest BCUT2D eigenvalue weighted by molar-refractivity contribution is 9.10. The van der Waals surface area contributed by atoms with Gasteiger partial charge in [0.1, 0.15) is 0 Å². The van der Waals surface area contributed by atoms with Gasteiger partial charge < -0.3 is 4.90 Å². The summed E-state index contributed by atoms with van der Waals surface area (Å²) in [6.07, 6.45) is 2.14. The number of halogens is 1. The standard InChI is InChI=1S/C14H16BrNO2/c1-3-5-9(2)8-16-12-10(13(17)14(16)18)6-4-7-11(12)15/h4,6-7,9H,3,5,8H2,1-2H3. The predicted molar refractivity (Wildman–Crippen MR) is 74.9 cm³/mol. The Balaban J connectivity index is 2.33. The van der Waals surface area contributed by atoms with Crippen LogP contribution in [0.15, 0.2) is 22.7 Å². The van der Waals surface area contributed by atoms with Crippen LogP contribution >= 0.6 is 15.9 Å². The van der Waals surface area contributed by atoms with Crippen LogP contribution < -0.4 is 4.90 Å². The number of amides is 1. The molecule has 0 aromatic heterocycles. The van der Waals surface area contributed by atoms with Crippen molar-refractivity contribution in [3.63, 3.8) is 0 Å². The zero-order chi connectivity index (χ0) is 13.3. The number of ketones is 1. The second-order valence-corrected chi connectivity index (χ2v) is 5.63. The van der Waals surface area contributed by atoms with Crippen LogP contribution in [0.1, 0.15) is 37.0 Å². The summed E-state index contributed by atoms with van der Waals surface area (Å²) < 4.78 is 0.808. The smallest absolute Gasteiger partial charge is 0.299 e. The molecule has 1 aliphatic rings. The number of benzene rings is 1. The summed E-state index contributed by atoms with van der Waals surface area (Å²) in [4.78, 5) is 25.5. The van der Waals surface area contributed by atoms with Crippen molar-refractivity contribution >= 4 is 33.3 Å². The molecule has 0 aliphatic carbocycles. The SMILES string of the molecule is CCCC(C)CN1C(=O)C(=O)c2cccc(Br)c21. The van der Waals surface area contributed by atoms with Crippen LogP contribution in [-0.4, -0.2) is 18.2 Å². The Labute approximate surface area is 115 Å². The Hall–Kier alpha value is -1.16. The third-order valence-electron chi connectivity index (χ3n) is 3.22. The average Bonchev–Trinajstić information content (AvgIpc) is 2.56. The lowest BCUT2D eigenvalue weighted by Crippen LogP contribution is -2.33. The van der Waals surface area contributed by atoms with Crippen molar-refractivity contribution in [1.29, 1.82) is 0 Å². The van der Waals surface area contributed by atoms with Crippen molar-refractivity contribution in [2.75, 3.05) is 11.4 Å². The van der Waals surface area contributed by atoms with Crippen molar-refractivity contribution in [1.82, 2.24) is 0 Å². The molecule has 0 bridgehead atoms. The van der Waals surface area contributed by atoms with Crippen molar-refractivity contribution in [2.45, 2.75) is 26.7 Å². The number of hydrogen-bond acceptors (Lipinski definition) is 2. The van der Waals surface area contributed by atoms with Gasteiger partial charge in [-0.1, -0.05) is 26.3 Å². The van der Waals surface area contributed by atoms with E-state index in [-0.39, 0.29) is 0 Å². The molecule has 0 saturated heterocycles. The number of rotatable bonds is 4. The molecule has 0 spiro atoms. The molecule has 0 saturated carbocycles. The second kappa shape index (κ2) is 5.22. The first kappa shape index (κ1) is 13.3.